The summed E-state index contributed by atoms with van der Waals surface area (Å²) in [5, 5.41) is 6.25. The number of hydrogen-bond acceptors (Lipinski definition) is 2. The first-order chi connectivity index (χ1) is 12.8. The van der Waals surface area contributed by atoms with Crippen LogP contribution in [0, 0.1) is 24.1 Å². The van der Waals surface area contributed by atoms with Crippen molar-refractivity contribution in [1.82, 2.24) is 0 Å². The summed E-state index contributed by atoms with van der Waals surface area (Å²) < 4.78 is 76.6. The van der Waals surface area contributed by atoms with Crippen molar-refractivity contribution in [3.05, 3.63) is 58.4 Å². The predicted octanol–water partition coefficient (Wildman–Crippen LogP) is 4.20. The molecule has 0 saturated heterocycles. The first kappa shape index (κ1) is 20.3. The molecular formula is C18H9B3F5NO. The van der Waals surface area contributed by atoms with Gasteiger partial charge in [0.1, 0.15) is 17.3 Å². The topological polar surface area (TPSA) is 33.0 Å². The second kappa shape index (κ2) is 6.30. The first-order valence-electron chi connectivity index (χ1n) is 7.95. The molecule has 0 spiro atoms. The van der Waals surface area contributed by atoms with Crippen LogP contribution in [0.4, 0.5) is 22.0 Å². The maximum Gasteiger partial charge on any atom is 0.336 e. The molecule has 136 valence electrons. The van der Waals surface area contributed by atoms with Gasteiger partial charge in [-0.2, -0.15) is 22.8 Å². The summed E-state index contributed by atoms with van der Waals surface area (Å²) in [4.78, 5) is 0. The van der Waals surface area contributed by atoms with Crippen LogP contribution in [0.2, 0.25) is 5.11 Å². The van der Waals surface area contributed by atoms with E-state index in [0.717, 1.165) is 24.3 Å². The Bertz CT molecular complexity index is 998. The molecule has 2 aromatic rings. The van der Waals surface area contributed by atoms with Crippen LogP contribution in [0.3, 0.4) is 0 Å². The van der Waals surface area contributed by atoms with E-state index in [1.165, 1.54) is 13.0 Å². The van der Waals surface area contributed by atoms with E-state index < -0.39 is 39.8 Å². The minimum Gasteiger partial charge on any atom is -0.457 e. The van der Waals surface area contributed by atoms with Gasteiger partial charge in [-0.25, -0.2) is 4.39 Å². The molecule has 10 heteroatoms. The first-order valence-corrected chi connectivity index (χ1v) is 7.95. The fraction of sp³-hybridized carbons (Fsp3) is 0.278. The van der Waals surface area contributed by atoms with Crippen LogP contribution in [-0.4, -0.2) is 29.5 Å². The second-order valence-electron chi connectivity index (χ2n) is 6.67. The fourth-order valence-electron chi connectivity index (χ4n) is 3.38. The summed E-state index contributed by atoms with van der Waals surface area (Å²) in [5.74, 6) is -12.6. The van der Waals surface area contributed by atoms with Gasteiger partial charge in [0, 0.05) is 17.5 Å². The van der Waals surface area contributed by atoms with Gasteiger partial charge >= 0.3 is 11.8 Å². The van der Waals surface area contributed by atoms with Crippen molar-refractivity contribution in [2.45, 2.75) is 29.8 Å². The van der Waals surface area contributed by atoms with Crippen LogP contribution < -0.4 is 4.74 Å². The summed E-state index contributed by atoms with van der Waals surface area (Å²) >= 11 is 0. The molecule has 1 aliphatic rings. The minimum atomic E-state index is -4.64. The van der Waals surface area contributed by atoms with Crippen LogP contribution >= 0.6 is 0 Å². The Kier molecular flexibility index (Phi) is 4.57. The molecule has 0 aromatic heterocycles. The third kappa shape index (κ3) is 2.97. The number of hydrogen-bond donors (Lipinski definition) is 0. The van der Waals surface area contributed by atoms with Crippen LogP contribution in [-0.2, 0) is 5.92 Å². The fourth-order valence-corrected chi connectivity index (χ4v) is 3.38. The van der Waals surface area contributed by atoms with E-state index in [1.807, 2.05) is 0 Å². The van der Waals surface area contributed by atoms with Gasteiger partial charge in [-0.3, -0.25) is 0 Å². The van der Waals surface area contributed by atoms with Crippen LogP contribution in [0.1, 0.15) is 28.2 Å². The molecule has 0 amide bonds. The van der Waals surface area contributed by atoms with E-state index in [0.29, 0.717) is 0 Å². The molecule has 0 N–H and O–H groups in total. The molecule has 1 aliphatic carbocycles. The zero-order valence-electron chi connectivity index (χ0n) is 14.4. The molecule has 1 unspecified atom stereocenters. The summed E-state index contributed by atoms with van der Waals surface area (Å²) in [7, 11) is 16.2. The van der Waals surface area contributed by atoms with Crippen molar-refractivity contribution in [2.24, 2.45) is 0 Å². The monoisotopic (exact) mass is 383 g/mol. The Morgan fingerprint density at radius 1 is 1.11 bits per heavy atom. The molecule has 0 heterocycles. The normalized spacial score (nSPS) is 19.7. The summed E-state index contributed by atoms with van der Waals surface area (Å²) in [6, 6.07) is 6.66. The van der Waals surface area contributed by atoms with Crippen molar-refractivity contribution < 1.29 is 26.7 Å². The molecule has 6 radical (unpaired) electrons. The number of nitriles is 1. The average molecular weight is 383 g/mol. The summed E-state index contributed by atoms with van der Waals surface area (Å²) in [5.41, 5.74) is -1.64. The zero-order chi connectivity index (χ0) is 21.1. The SMILES string of the molecule is [B]C([B])([B])C1c2c(ccc(Oc3cc(F)cc(C#N)c3)c2C)C(F)(F)C1(F)F. The molecule has 28 heavy (non-hydrogen) atoms. The van der Waals surface area contributed by atoms with Gasteiger partial charge in [0.15, 0.2) is 0 Å². The molecule has 0 saturated carbocycles. The van der Waals surface area contributed by atoms with Gasteiger partial charge in [-0.1, -0.05) is 0 Å². The highest BCUT2D eigenvalue weighted by atomic mass is 19.3. The Balaban J connectivity index is 2.16. The maximum absolute atomic E-state index is 14.4. The lowest BCUT2D eigenvalue weighted by Gasteiger charge is -2.35. The van der Waals surface area contributed by atoms with Crippen molar-refractivity contribution >= 4 is 23.5 Å². The number of fused-ring (bicyclic) bond motifs is 1. The van der Waals surface area contributed by atoms with Gasteiger partial charge in [0.2, 0.25) is 0 Å². The van der Waals surface area contributed by atoms with Crippen molar-refractivity contribution in [3.8, 4) is 17.6 Å². The lowest BCUT2D eigenvalue weighted by atomic mass is 9.36. The van der Waals surface area contributed by atoms with Crippen LogP contribution in [0.25, 0.3) is 0 Å². The number of rotatable bonds is 3. The maximum atomic E-state index is 14.4. The highest BCUT2D eigenvalue weighted by molar-refractivity contribution is 6.59. The number of ether oxygens (including phenoxy) is 1. The number of alkyl halides is 4. The Hall–Kier alpha value is -2.43. The van der Waals surface area contributed by atoms with Crippen LogP contribution in [0.5, 0.6) is 11.5 Å². The van der Waals surface area contributed by atoms with E-state index in [-0.39, 0.29) is 22.6 Å². The number of nitrogens with zero attached hydrogens (tertiary/aromatic N) is 1. The molecule has 0 fully saturated rings. The van der Waals surface area contributed by atoms with E-state index in [2.05, 4.69) is 0 Å². The van der Waals surface area contributed by atoms with E-state index in [4.69, 9.17) is 33.5 Å². The zero-order valence-corrected chi connectivity index (χ0v) is 14.4. The second-order valence-corrected chi connectivity index (χ2v) is 6.67. The average Bonchev–Trinajstić information content (AvgIpc) is 2.72. The summed E-state index contributed by atoms with van der Waals surface area (Å²) in [6.07, 6.45) is 0. The number of halogens is 5. The van der Waals surface area contributed by atoms with Gasteiger partial charge < -0.3 is 4.74 Å². The van der Waals surface area contributed by atoms with Crippen LogP contribution in [0.15, 0.2) is 30.3 Å². The van der Waals surface area contributed by atoms with Gasteiger partial charge in [0.25, 0.3) is 0 Å². The third-order valence-corrected chi connectivity index (χ3v) is 4.60. The summed E-state index contributed by atoms with van der Waals surface area (Å²) in [6.45, 7) is 1.26. The van der Waals surface area contributed by atoms with E-state index in [1.54, 1.807) is 6.07 Å². The highest BCUT2D eigenvalue weighted by Gasteiger charge is 2.70. The largest absolute Gasteiger partial charge is 0.457 e. The molecule has 1 atom stereocenters. The highest BCUT2D eigenvalue weighted by Crippen LogP contribution is 2.64. The molecule has 2 aromatic carbocycles. The van der Waals surface area contributed by atoms with E-state index in [9.17, 15) is 22.0 Å². The Morgan fingerprint density at radius 2 is 1.75 bits per heavy atom. The standard InChI is InChI=1S/C18H9B3F5NO/c1-8-13(28-11-5-9(7-27)4-10(22)6-11)3-2-12-14(8)15(18(19,20)21)17(25,26)16(12,23)24/h2-6,15H,1H3. The van der Waals surface area contributed by atoms with Crippen molar-refractivity contribution in [1.29, 1.82) is 5.26 Å². The lowest BCUT2D eigenvalue weighted by Crippen LogP contribution is -2.42. The Labute approximate surface area is 161 Å². The smallest absolute Gasteiger partial charge is 0.336 e. The van der Waals surface area contributed by atoms with Crippen molar-refractivity contribution in [3.63, 3.8) is 0 Å². The lowest BCUT2D eigenvalue weighted by molar-refractivity contribution is -0.214. The molecule has 0 bridgehead atoms. The van der Waals surface area contributed by atoms with Gasteiger partial charge in [-0.05, 0) is 42.3 Å². The quantitative estimate of drug-likeness (QED) is 0.589. The van der Waals surface area contributed by atoms with Crippen molar-refractivity contribution in [2.75, 3.05) is 0 Å². The molecule has 3 rings (SSSR count). The van der Waals surface area contributed by atoms with Gasteiger partial charge in [-0.15, -0.1) is 5.11 Å². The molecule has 2 nitrogen and oxygen atoms in total. The third-order valence-electron chi connectivity index (χ3n) is 4.60. The molecule has 0 aliphatic heterocycles. The minimum absolute atomic E-state index is 0.0466. The van der Waals surface area contributed by atoms with E-state index >= 15 is 0 Å². The Morgan fingerprint density at radius 3 is 2.32 bits per heavy atom. The molecular weight excluding hydrogens is 374 g/mol. The number of benzene rings is 2. The predicted molar refractivity (Wildman–Crippen MR) is 93.9 cm³/mol. The van der Waals surface area contributed by atoms with Gasteiger partial charge in [0.05, 0.1) is 35.2 Å².